The van der Waals surface area contributed by atoms with Crippen LogP contribution in [0.2, 0.25) is 0 Å². The molecule has 1 fully saturated rings. The lowest BCUT2D eigenvalue weighted by atomic mass is 10.1. The van der Waals surface area contributed by atoms with Gasteiger partial charge in [-0.05, 0) is 57.1 Å². The van der Waals surface area contributed by atoms with Gasteiger partial charge >= 0.3 is 0 Å². The molecule has 1 saturated heterocycles. The molecule has 1 aliphatic rings. The zero-order valence-corrected chi connectivity index (χ0v) is 11.8. The number of likely N-dealkylation sites (tertiary alicyclic amines) is 1. The van der Waals surface area contributed by atoms with Crippen LogP contribution in [-0.2, 0) is 0 Å². The van der Waals surface area contributed by atoms with E-state index in [0.717, 1.165) is 13.0 Å². The summed E-state index contributed by atoms with van der Waals surface area (Å²) < 4.78 is 0. The first-order valence-electron chi connectivity index (χ1n) is 7.30. The van der Waals surface area contributed by atoms with Gasteiger partial charge in [-0.1, -0.05) is 12.5 Å². The average molecular weight is 271 g/mol. The summed E-state index contributed by atoms with van der Waals surface area (Å²) >= 11 is 0. The van der Waals surface area contributed by atoms with Gasteiger partial charge in [-0.15, -0.1) is 0 Å². The topological polar surface area (TPSA) is 56.1 Å². The Bertz CT molecular complexity index is 487. The SMILES string of the molecule is N#Cc1cccc(C(=O)NCCCN2CCCCC2)c1. The zero-order valence-electron chi connectivity index (χ0n) is 11.8. The molecule has 1 aromatic carbocycles. The molecule has 0 aliphatic carbocycles. The third-order valence-corrected chi connectivity index (χ3v) is 3.64. The van der Waals surface area contributed by atoms with Crippen molar-refractivity contribution in [1.82, 2.24) is 10.2 Å². The van der Waals surface area contributed by atoms with Gasteiger partial charge in [0.05, 0.1) is 11.6 Å². The van der Waals surface area contributed by atoms with Gasteiger partial charge in [0.1, 0.15) is 0 Å². The highest BCUT2D eigenvalue weighted by molar-refractivity contribution is 5.94. The van der Waals surface area contributed by atoms with Gasteiger partial charge in [0.25, 0.3) is 5.91 Å². The Hall–Kier alpha value is -1.86. The Kier molecular flexibility index (Phi) is 5.57. The minimum Gasteiger partial charge on any atom is -0.352 e. The molecule has 1 aliphatic heterocycles. The fourth-order valence-electron chi connectivity index (χ4n) is 2.52. The summed E-state index contributed by atoms with van der Waals surface area (Å²) in [5.74, 6) is -0.0965. The lowest BCUT2D eigenvalue weighted by molar-refractivity contribution is 0.0951. The van der Waals surface area contributed by atoms with Crippen LogP contribution >= 0.6 is 0 Å². The van der Waals surface area contributed by atoms with Gasteiger partial charge < -0.3 is 10.2 Å². The van der Waals surface area contributed by atoms with Gasteiger partial charge in [-0.3, -0.25) is 4.79 Å². The van der Waals surface area contributed by atoms with E-state index in [4.69, 9.17) is 5.26 Å². The molecule has 1 aromatic rings. The summed E-state index contributed by atoms with van der Waals surface area (Å²) in [7, 11) is 0. The molecule has 0 spiro atoms. The molecule has 1 N–H and O–H groups in total. The normalized spacial score (nSPS) is 15.6. The minimum atomic E-state index is -0.0965. The molecule has 2 rings (SSSR count). The van der Waals surface area contributed by atoms with E-state index in [9.17, 15) is 4.79 Å². The highest BCUT2D eigenvalue weighted by Crippen LogP contribution is 2.08. The van der Waals surface area contributed by atoms with Crippen molar-refractivity contribution in [2.24, 2.45) is 0 Å². The summed E-state index contributed by atoms with van der Waals surface area (Å²) in [4.78, 5) is 14.4. The van der Waals surface area contributed by atoms with E-state index in [1.807, 2.05) is 6.07 Å². The molecular formula is C16H21N3O. The molecular weight excluding hydrogens is 250 g/mol. The van der Waals surface area contributed by atoms with Gasteiger partial charge in [0, 0.05) is 12.1 Å². The third kappa shape index (κ3) is 4.36. The van der Waals surface area contributed by atoms with Crippen LogP contribution in [0.15, 0.2) is 24.3 Å². The number of carbonyl (C=O) groups excluding carboxylic acids is 1. The number of amides is 1. The number of piperidine rings is 1. The largest absolute Gasteiger partial charge is 0.352 e. The Morgan fingerprint density at radius 3 is 2.85 bits per heavy atom. The Labute approximate surface area is 120 Å². The first kappa shape index (κ1) is 14.5. The molecule has 1 amide bonds. The summed E-state index contributed by atoms with van der Waals surface area (Å²) in [6.45, 7) is 4.13. The Morgan fingerprint density at radius 1 is 1.30 bits per heavy atom. The molecule has 4 heteroatoms. The van der Waals surface area contributed by atoms with Gasteiger partial charge in [0.15, 0.2) is 0 Å². The molecule has 0 unspecified atom stereocenters. The van der Waals surface area contributed by atoms with Crippen molar-refractivity contribution in [3.05, 3.63) is 35.4 Å². The van der Waals surface area contributed by atoms with Crippen molar-refractivity contribution in [3.63, 3.8) is 0 Å². The maximum atomic E-state index is 11.9. The number of nitriles is 1. The first-order valence-corrected chi connectivity index (χ1v) is 7.30. The lowest BCUT2D eigenvalue weighted by Gasteiger charge is -2.26. The summed E-state index contributed by atoms with van der Waals surface area (Å²) in [5.41, 5.74) is 1.08. The fourth-order valence-corrected chi connectivity index (χ4v) is 2.52. The standard InChI is InChI=1S/C16H21N3O/c17-13-14-6-4-7-15(12-14)16(20)18-8-5-11-19-9-2-1-3-10-19/h4,6-7,12H,1-3,5,8-11H2,(H,18,20). The molecule has 0 radical (unpaired) electrons. The number of hydrogen-bond donors (Lipinski definition) is 1. The van der Waals surface area contributed by atoms with Crippen molar-refractivity contribution in [3.8, 4) is 6.07 Å². The quantitative estimate of drug-likeness (QED) is 0.835. The van der Waals surface area contributed by atoms with Crippen LogP contribution in [0.1, 0.15) is 41.6 Å². The first-order chi connectivity index (χ1) is 9.79. The van der Waals surface area contributed by atoms with Gasteiger partial charge in [-0.25, -0.2) is 0 Å². The monoisotopic (exact) mass is 271 g/mol. The van der Waals surface area contributed by atoms with Crippen LogP contribution in [0.25, 0.3) is 0 Å². The molecule has 0 saturated carbocycles. The van der Waals surface area contributed by atoms with E-state index < -0.39 is 0 Å². The zero-order chi connectivity index (χ0) is 14.2. The Morgan fingerprint density at radius 2 is 2.10 bits per heavy atom. The second kappa shape index (κ2) is 7.66. The number of carbonyl (C=O) groups is 1. The smallest absolute Gasteiger partial charge is 0.251 e. The van der Waals surface area contributed by atoms with Crippen LogP contribution in [0.3, 0.4) is 0 Å². The van der Waals surface area contributed by atoms with E-state index in [1.54, 1.807) is 24.3 Å². The Balaban J connectivity index is 1.70. The number of nitrogens with zero attached hydrogens (tertiary/aromatic N) is 2. The van der Waals surface area contributed by atoms with Crippen LogP contribution in [-0.4, -0.2) is 37.0 Å². The predicted molar refractivity (Wildman–Crippen MR) is 78.4 cm³/mol. The number of rotatable bonds is 5. The minimum absolute atomic E-state index is 0.0965. The van der Waals surface area contributed by atoms with Crippen molar-refractivity contribution in [1.29, 1.82) is 5.26 Å². The predicted octanol–water partition coefficient (Wildman–Crippen LogP) is 2.16. The summed E-state index contributed by atoms with van der Waals surface area (Å²) in [5, 5.41) is 11.7. The molecule has 0 bridgehead atoms. The van der Waals surface area contributed by atoms with Crippen molar-refractivity contribution in [2.45, 2.75) is 25.7 Å². The summed E-state index contributed by atoms with van der Waals surface area (Å²) in [6, 6.07) is 8.85. The molecule has 0 aromatic heterocycles. The van der Waals surface area contributed by atoms with E-state index in [0.29, 0.717) is 17.7 Å². The van der Waals surface area contributed by atoms with Crippen LogP contribution in [0.5, 0.6) is 0 Å². The van der Waals surface area contributed by atoms with Crippen molar-refractivity contribution >= 4 is 5.91 Å². The second-order valence-corrected chi connectivity index (χ2v) is 5.20. The molecule has 20 heavy (non-hydrogen) atoms. The van der Waals surface area contributed by atoms with E-state index in [2.05, 4.69) is 10.2 Å². The highest BCUT2D eigenvalue weighted by Gasteiger charge is 2.10. The lowest BCUT2D eigenvalue weighted by Crippen LogP contribution is -2.33. The number of benzene rings is 1. The molecule has 1 heterocycles. The fraction of sp³-hybridized carbons (Fsp3) is 0.500. The number of nitrogens with one attached hydrogen (secondary N) is 1. The van der Waals surface area contributed by atoms with Crippen LogP contribution in [0.4, 0.5) is 0 Å². The summed E-state index contributed by atoms with van der Waals surface area (Å²) in [6.07, 6.45) is 4.92. The maximum Gasteiger partial charge on any atom is 0.251 e. The molecule has 0 atom stereocenters. The van der Waals surface area contributed by atoms with Crippen molar-refractivity contribution in [2.75, 3.05) is 26.2 Å². The van der Waals surface area contributed by atoms with Gasteiger partial charge in [0.2, 0.25) is 0 Å². The van der Waals surface area contributed by atoms with E-state index in [1.165, 1.54) is 32.4 Å². The van der Waals surface area contributed by atoms with E-state index in [-0.39, 0.29) is 5.91 Å². The average Bonchev–Trinajstić information content (AvgIpc) is 2.52. The molecule has 4 nitrogen and oxygen atoms in total. The second-order valence-electron chi connectivity index (χ2n) is 5.20. The van der Waals surface area contributed by atoms with Gasteiger partial charge in [-0.2, -0.15) is 5.26 Å². The van der Waals surface area contributed by atoms with Crippen LogP contribution in [0, 0.1) is 11.3 Å². The van der Waals surface area contributed by atoms with E-state index >= 15 is 0 Å². The highest BCUT2D eigenvalue weighted by atomic mass is 16.1. The molecule has 106 valence electrons. The van der Waals surface area contributed by atoms with Crippen molar-refractivity contribution < 1.29 is 4.79 Å². The maximum absolute atomic E-state index is 11.9. The number of hydrogen-bond acceptors (Lipinski definition) is 3. The van der Waals surface area contributed by atoms with Crippen LogP contribution < -0.4 is 5.32 Å². The third-order valence-electron chi connectivity index (χ3n) is 3.64.